The second-order valence-corrected chi connectivity index (χ2v) is 8.43. The third-order valence-electron chi connectivity index (χ3n) is 5.28. The summed E-state index contributed by atoms with van der Waals surface area (Å²) in [7, 11) is 1.64. The summed E-state index contributed by atoms with van der Waals surface area (Å²) in [4.78, 5) is 28.9. The Balaban J connectivity index is 1.69. The van der Waals surface area contributed by atoms with Crippen LogP contribution in [0.15, 0.2) is 54.6 Å². The van der Waals surface area contributed by atoms with E-state index in [9.17, 15) is 9.59 Å². The van der Waals surface area contributed by atoms with Crippen LogP contribution in [0.3, 0.4) is 0 Å². The molecule has 1 aliphatic heterocycles. The molecule has 0 spiro atoms. The molecule has 1 aliphatic rings. The van der Waals surface area contributed by atoms with Gasteiger partial charge in [0.1, 0.15) is 5.75 Å². The minimum Gasteiger partial charge on any atom is -0.497 e. The minimum absolute atomic E-state index is 0.0271. The largest absolute Gasteiger partial charge is 0.497 e. The van der Waals surface area contributed by atoms with E-state index in [0.717, 1.165) is 17.7 Å². The van der Waals surface area contributed by atoms with E-state index in [1.165, 1.54) is 17.3 Å². The van der Waals surface area contributed by atoms with E-state index in [1.54, 1.807) is 12.0 Å². The average molecular weight is 443 g/mol. The second-order valence-electron chi connectivity index (χ2n) is 7.57. The molecule has 2 amide bonds. The lowest BCUT2D eigenvalue weighted by molar-refractivity contribution is -0.137. The summed E-state index contributed by atoms with van der Waals surface area (Å²) in [5.74, 6) is 1.08. The van der Waals surface area contributed by atoms with Crippen molar-refractivity contribution in [3.63, 3.8) is 0 Å². The number of rotatable bonds is 9. The monoisotopic (exact) mass is 442 g/mol. The number of benzene rings is 2. The molecule has 1 heterocycles. The third kappa shape index (κ3) is 7.01. The van der Waals surface area contributed by atoms with E-state index in [1.807, 2.05) is 53.6 Å². The molecule has 31 heavy (non-hydrogen) atoms. The Hall–Kier alpha value is -2.51. The highest BCUT2D eigenvalue weighted by Gasteiger charge is 2.30. The molecule has 2 aromatic rings. The Morgan fingerprint density at radius 2 is 1.87 bits per heavy atom. The van der Waals surface area contributed by atoms with Crippen molar-refractivity contribution in [2.75, 3.05) is 45.3 Å². The maximum absolute atomic E-state index is 12.9. The highest BCUT2D eigenvalue weighted by atomic mass is 32.2. The van der Waals surface area contributed by atoms with Crippen LogP contribution in [-0.4, -0.2) is 73.0 Å². The summed E-state index contributed by atoms with van der Waals surface area (Å²) in [6.45, 7) is 1.99. The number of amides is 2. The topological polar surface area (TPSA) is 59.1 Å². The van der Waals surface area contributed by atoms with E-state index in [0.29, 0.717) is 32.0 Å². The van der Waals surface area contributed by atoms with Gasteiger partial charge in [0.25, 0.3) is 0 Å². The molecule has 0 N–H and O–H groups in total. The van der Waals surface area contributed by atoms with Gasteiger partial charge in [0.2, 0.25) is 11.8 Å². The molecule has 166 valence electrons. The van der Waals surface area contributed by atoms with Gasteiger partial charge in [0, 0.05) is 19.6 Å². The molecule has 1 atom stereocenters. The first-order valence-electron chi connectivity index (χ1n) is 10.4. The molecule has 3 rings (SSSR count). The van der Waals surface area contributed by atoms with Crippen LogP contribution in [0.2, 0.25) is 0 Å². The van der Waals surface area contributed by atoms with Crippen molar-refractivity contribution in [1.29, 1.82) is 0 Å². The molecule has 0 aliphatic carbocycles. The number of carbonyl (C=O) groups excluding carboxylic acids is 2. The zero-order chi connectivity index (χ0) is 22.1. The van der Waals surface area contributed by atoms with Crippen molar-refractivity contribution in [2.24, 2.45) is 0 Å². The molecular weight excluding hydrogens is 412 g/mol. The normalized spacial score (nSPS) is 16.8. The summed E-state index contributed by atoms with van der Waals surface area (Å²) in [6.07, 6.45) is 2.41. The lowest BCUT2D eigenvalue weighted by Crippen LogP contribution is -2.40. The molecular formula is C24H30N2O4S. The zero-order valence-electron chi connectivity index (χ0n) is 18.2. The first kappa shape index (κ1) is 23.2. The number of methoxy groups -OCH3 is 1. The van der Waals surface area contributed by atoms with Crippen molar-refractivity contribution in [1.82, 2.24) is 9.80 Å². The Morgan fingerprint density at radius 1 is 1.10 bits per heavy atom. The number of ether oxygens (including phenoxy) is 2. The van der Waals surface area contributed by atoms with Gasteiger partial charge in [-0.3, -0.25) is 9.59 Å². The van der Waals surface area contributed by atoms with Crippen LogP contribution in [0, 0.1) is 0 Å². The molecule has 0 radical (unpaired) electrons. The average Bonchev–Trinajstić information content (AvgIpc) is 2.96. The molecule has 0 saturated carbocycles. The Morgan fingerprint density at radius 3 is 2.61 bits per heavy atom. The lowest BCUT2D eigenvalue weighted by atomic mass is 10.1. The van der Waals surface area contributed by atoms with E-state index in [4.69, 9.17) is 9.47 Å². The van der Waals surface area contributed by atoms with E-state index in [-0.39, 0.29) is 24.5 Å². The van der Waals surface area contributed by atoms with Crippen molar-refractivity contribution in [3.8, 4) is 5.75 Å². The maximum Gasteiger partial charge on any atom is 0.242 e. The van der Waals surface area contributed by atoms with Crippen molar-refractivity contribution in [3.05, 3.63) is 65.7 Å². The second kappa shape index (κ2) is 11.8. The predicted octanol–water partition coefficient (Wildman–Crippen LogP) is 2.86. The van der Waals surface area contributed by atoms with Crippen molar-refractivity contribution in [2.45, 2.75) is 19.1 Å². The van der Waals surface area contributed by atoms with Gasteiger partial charge in [-0.1, -0.05) is 42.5 Å². The minimum atomic E-state index is -0.251. The number of hydrogen-bond acceptors (Lipinski definition) is 5. The first-order chi connectivity index (χ1) is 15.1. The molecule has 2 aromatic carbocycles. The molecule has 1 saturated heterocycles. The maximum atomic E-state index is 12.9. The van der Waals surface area contributed by atoms with Crippen molar-refractivity contribution < 1.29 is 19.1 Å². The van der Waals surface area contributed by atoms with Gasteiger partial charge in [0.05, 0.1) is 32.1 Å². The lowest BCUT2D eigenvalue weighted by Gasteiger charge is -2.25. The van der Waals surface area contributed by atoms with Crippen LogP contribution in [0.25, 0.3) is 0 Å². The van der Waals surface area contributed by atoms with Gasteiger partial charge >= 0.3 is 0 Å². The fourth-order valence-corrected chi connectivity index (χ4v) is 4.02. The number of nitrogens with zero attached hydrogens (tertiary/aromatic N) is 2. The fourth-order valence-electron chi connectivity index (χ4n) is 3.59. The molecule has 6 nitrogen and oxygen atoms in total. The van der Waals surface area contributed by atoms with E-state index >= 15 is 0 Å². The van der Waals surface area contributed by atoms with Crippen LogP contribution < -0.4 is 4.74 Å². The third-order valence-corrected chi connectivity index (χ3v) is 5.82. The summed E-state index contributed by atoms with van der Waals surface area (Å²) in [5, 5.41) is 0. The highest BCUT2D eigenvalue weighted by Crippen LogP contribution is 2.16. The Bertz CT molecular complexity index is 862. The fraction of sp³-hybridized carbons (Fsp3) is 0.417. The Kier molecular flexibility index (Phi) is 8.79. The Labute approximate surface area is 188 Å². The van der Waals surface area contributed by atoms with Crippen LogP contribution in [0.1, 0.15) is 11.1 Å². The van der Waals surface area contributed by atoms with Gasteiger partial charge in [-0.25, -0.2) is 0 Å². The van der Waals surface area contributed by atoms with Gasteiger partial charge < -0.3 is 19.3 Å². The molecule has 0 bridgehead atoms. The number of hydrogen-bond donors (Lipinski definition) is 0. The standard InChI is InChI=1S/C24H30N2O4S/c1-29-21-10-6-9-20(13-21)17-30-22-14-25(12-11-19-7-4-3-5-8-19)23(27)16-26(15-22)24(28)18-31-2/h3-10,13,22H,11-12,14-18H2,1-2H3. The molecule has 1 unspecified atom stereocenters. The van der Waals surface area contributed by atoms with Crippen LogP contribution in [-0.2, 0) is 27.4 Å². The highest BCUT2D eigenvalue weighted by molar-refractivity contribution is 7.99. The van der Waals surface area contributed by atoms with Gasteiger partial charge in [0.15, 0.2) is 0 Å². The van der Waals surface area contributed by atoms with Crippen LogP contribution >= 0.6 is 11.8 Å². The van der Waals surface area contributed by atoms with Gasteiger partial charge in [-0.2, -0.15) is 11.8 Å². The smallest absolute Gasteiger partial charge is 0.242 e. The molecule has 7 heteroatoms. The van der Waals surface area contributed by atoms with Gasteiger partial charge in [-0.05, 0) is 35.9 Å². The summed E-state index contributed by atoms with van der Waals surface area (Å²) in [5.41, 5.74) is 2.18. The van der Waals surface area contributed by atoms with E-state index < -0.39 is 0 Å². The van der Waals surface area contributed by atoms with Gasteiger partial charge in [-0.15, -0.1) is 0 Å². The zero-order valence-corrected chi connectivity index (χ0v) is 19.0. The SMILES string of the molecule is COc1cccc(COC2CN(CCc3ccccc3)C(=O)CN(C(=O)CSC)C2)c1. The predicted molar refractivity (Wildman–Crippen MR) is 123 cm³/mol. The summed E-state index contributed by atoms with van der Waals surface area (Å²) in [6, 6.07) is 17.8. The quantitative estimate of drug-likeness (QED) is 0.598. The van der Waals surface area contributed by atoms with Crippen LogP contribution in [0.5, 0.6) is 5.75 Å². The summed E-state index contributed by atoms with van der Waals surface area (Å²) >= 11 is 1.46. The number of thioether (sulfide) groups is 1. The molecule has 0 aromatic heterocycles. The van der Waals surface area contributed by atoms with Crippen LogP contribution in [0.4, 0.5) is 0 Å². The molecule has 1 fully saturated rings. The van der Waals surface area contributed by atoms with Crippen molar-refractivity contribution >= 4 is 23.6 Å². The first-order valence-corrected chi connectivity index (χ1v) is 11.8. The summed E-state index contributed by atoms with van der Waals surface area (Å²) < 4.78 is 11.5. The van der Waals surface area contributed by atoms with E-state index in [2.05, 4.69) is 12.1 Å². The number of carbonyl (C=O) groups is 2.